The van der Waals surface area contributed by atoms with E-state index in [1.807, 2.05) is 0 Å². The third-order valence-electron chi connectivity index (χ3n) is 4.86. The first-order chi connectivity index (χ1) is 14.3. The van der Waals surface area contributed by atoms with E-state index < -0.39 is 30.1 Å². The molecule has 0 aliphatic carbocycles. The SMILES string of the molecule is COc1ccc(O[C@H]2C(=O)N(C(=O)c3ccc(OC)cc3)[C@H]2[C@H](O)CC(C)=O)cc1. The number of imide groups is 1. The molecule has 0 radical (unpaired) electrons. The average Bonchev–Trinajstić information content (AvgIpc) is 2.75. The Morgan fingerprint density at radius 1 is 0.967 bits per heavy atom. The summed E-state index contributed by atoms with van der Waals surface area (Å²) in [7, 11) is 3.03. The molecule has 3 rings (SSSR count). The van der Waals surface area contributed by atoms with Crippen LogP contribution in [0.4, 0.5) is 0 Å². The number of ether oxygens (including phenoxy) is 3. The van der Waals surface area contributed by atoms with Gasteiger partial charge in [0.15, 0.2) is 0 Å². The van der Waals surface area contributed by atoms with Crippen LogP contribution in [0.2, 0.25) is 0 Å². The number of rotatable bonds is 8. The summed E-state index contributed by atoms with van der Waals surface area (Å²) in [6.07, 6.45) is -2.53. The summed E-state index contributed by atoms with van der Waals surface area (Å²) in [5.41, 5.74) is 0.257. The van der Waals surface area contributed by atoms with Crippen molar-refractivity contribution >= 4 is 17.6 Å². The maximum atomic E-state index is 12.9. The number of aliphatic hydroxyl groups is 1. The monoisotopic (exact) mass is 413 g/mol. The van der Waals surface area contributed by atoms with Gasteiger partial charge in [-0.05, 0) is 55.5 Å². The number of methoxy groups -OCH3 is 2. The number of benzene rings is 2. The van der Waals surface area contributed by atoms with Gasteiger partial charge in [-0.3, -0.25) is 19.3 Å². The number of carbonyl (C=O) groups is 3. The van der Waals surface area contributed by atoms with Crippen molar-refractivity contribution in [2.45, 2.75) is 31.6 Å². The quantitative estimate of drug-likeness (QED) is 0.520. The fourth-order valence-corrected chi connectivity index (χ4v) is 3.30. The molecule has 1 N–H and O–H groups in total. The first kappa shape index (κ1) is 21.3. The van der Waals surface area contributed by atoms with Crippen LogP contribution in [0.1, 0.15) is 23.7 Å². The van der Waals surface area contributed by atoms with E-state index in [4.69, 9.17) is 14.2 Å². The number of β-lactam (4-membered cyclic amide) rings is 1. The summed E-state index contributed by atoms with van der Waals surface area (Å²) >= 11 is 0. The van der Waals surface area contributed by atoms with Crippen LogP contribution in [0.15, 0.2) is 48.5 Å². The molecule has 0 unspecified atom stereocenters. The first-order valence-electron chi connectivity index (χ1n) is 9.35. The van der Waals surface area contributed by atoms with Crippen LogP contribution in [0, 0.1) is 0 Å². The molecule has 0 aromatic heterocycles. The lowest BCUT2D eigenvalue weighted by atomic mass is 9.89. The second-order valence-corrected chi connectivity index (χ2v) is 6.92. The van der Waals surface area contributed by atoms with Gasteiger partial charge in [-0.1, -0.05) is 0 Å². The molecular formula is C22H23NO7. The van der Waals surface area contributed by atoms with E-state index in [0.29, 0.717) is 17.2 Å². The van der Waals surface area contributed by atoms with Crippen molar-refractivity contribution in [3.63, 3.8) is 0 Å². The smallest absolute Gasteiger partial charge is 0.273 e. The molecule has 158 valence electrons. The van der Waals surface area contributed by atoms with Gasteiger partial charge in [-0.15, -0.1) is 0 Å². The lowest BCUT2D eigenvalue weighted by molar-refractivity contribution is -0.166. The van der Waals surface area contributed by atoms with Crippen LogP contribution >= 0.6 is 0 Å². The minimum Gasteiger partial charge on any atom is -0.497 e. The minimum absolute atomic E-state index is 0.202. The normalized spacial score (nSPS) is 18.9. The Hall–Kier alpha value is -3.39. The van der Waals surface area contributed by atoms with E-state index in [9.17, 15) is 19.5 Å². The molecule has 0 bridgehead atoms. The van der Waals surface area contributed by atoms with E-state index in [0.717, 1.165) is 4.90 Å². The van der Waals surface area contributed by atoms with Gasteiger partial charge < -0.3 is 19.3 Å². The highest BCUT2D eigenvalue weighted by Gasteiger charge is 2.56. The molecule has 1 fully saturated rings. The Labute approximate surface area is 174 Å². The molecular weight excluding hydrogens is 390 g/mol. The molecule has 2 aromatic rings. The molecule has 3 atom stereocenters. The largest absolute Gasteiger partial charge is 0.497 e. The fourth-order valence-electron chi connectivity index (χ4n) is 3.30. The van der Waals surface area contributed by atoms with Crippen molar-refractivity contribution in [3.8, 4) is 17.2 Å². The second kappa shape index (κ2) is 8.96. The highest BCUT2D eigenvalue weighted by atomic mass is 16.5. The van der Waals surface area contributed by atoms with Crippen molar-refractivity contribution in [2.24, 2.45) is 0 Å². The Kier molecular flexibility index (Phi) is 6.37. The summed E-state index contributed by atoms with van der Waals surface area (Å²) in [4.78, 5) is 38.1. The van der Waals surface area contributed by atoms with E-state index in [2.05, 4.69) is 0 Å². The van der Waals surface area contributed by atoms with Gasteiger partial charge in [0.25, 0.3) is 11.8 Å². The molecule has 1 saturated heterocycles. The molecule has 8 heteroatoms. The Bertz CT molecular complexity index is 924. The van der Waals surface area contributed by atoms with Gasteiger partial charge in [0, 0.05) is 12.0 Å². The highest BCUT2D eigenvalue weighted by Crippen LogP contribution is 2.31. The molecule has 2 amide bonds. The number of amides is 2. The third kappa shape index (κ3) is 4.28. The van der Waals surface area contributed by atoms with Crippen molar-refractivity contribution < 1.29 is 33.7 Å². The van der Waals surface area contributed by atoms with Gasteiger partial charge in [0.05, 0.1) is 20.3 Å². The standard InChI is InChI=1S/C22H23NO7/c1-13(24)12-18(25)19-20(30-17-10-8-16(29-3)9-11-17)22(27)23(19)21(26)14-4-6-15(28-2)7-5-14/h4-11,18-20,25H,12H2,1-3H3/t18-,19+,20-/m1/s1. The zero-order chi connectivity index (χ0) is 21.8. The van der Waals surface area contributed by atoms with E-state index >= 15 is 0 Å². The van der Waals surface area contributed by atoms with Crippen molar-refractivity contribution in [1.82, 2.24) is 4.90 Å². The molecule has 1 aliphatic rings. The van der Waals surface area contributed by atoms with Crippen molar-refractivity contribution in [1.29, 1.82) is 0 Å². The maximum absolute atomic E-state index is 12.9. The second-order valence-electron chi connectivity index (χ2n) is 6.92. The lowest BCUT2D eigenvalue weighted by Gasteiger charge is -2.46. The van der Waals surface area contributed by atoms with E-state index in [1.165, 1.54) is 33.3 Å². The van der Waals surface area contributed by atoms with Gasteiger partial charge in [0.1, 0.15) is 29.1 Å². The van der Waals surface area contributed by atoms with Gasteiger partial charge in [-0.25, -0.2) is 0 Å². The molecule has 0 spiro atoms. The van der Waals surface area contributed by atoms with Crippen LogP contribution in [0.3, 0.4) is 0 Å². The summed E-state index contributed by atoms with van der Waals surface area (Å²) in [6, 6.07) is 11.8. The van der Waals surface area contributed by atoms with E-state index in [1.54, 1.807) is 36.4 Å². The van der Waals surface area contributed by atoms with Crippen molar-refractivity contribution in [2.75, 3.05) is 14.2 Å². The van der Waals surface area contributed by atoms with Gasteiger partial charge in [0.2, 0.25) is 6.10 Å². The number of hydrogen-bond acceptors (Lipinski definition) is 7. The Balaban J connectivity index is 1.83. The molecule has 1 aliphatic heterocycles. The molecule has 30 heavy (non-hydrogen) atoms. The fraction of sp³-hybridized carbons (Fsp3) is 0.318. The number of carbonyl (C=O) groups excluding carboxylic acids is 3. The van der Waals surface area contributed by atoms with E-state index in [-0.39, 0.29) is 17.8 Å². The highest BCUT2D eigenvalue weighted by molar-refractivity contribution is 6.10. The Morgan fingerprint density at radius 3 is 1.97 bits per heavy atom. The molecule has 2 aromatic carbocycles. The number of aliphatic hydroxyl groups excluding tert-OH is 1. The molecule has 8 nitrogen and oxygen atoms in total. The number of ketones is 1. The first-order valence-corrected chi connectivity index (χ1v) is 9.35. The van der Waals surface area contributed by atoms with Gasteiger partial charge >= 0.3 is 0 Å². The summed E-state index contributed by atoms with van der Waals surface area (Å²) < 4.78 is 15.9. The predicted molar refractivity (Wildman–Crippen MR) is 107 cm³/mol. The number of likely N-dealkylation sites (tertiary alicyclic amines) is 1. The number of hydrogen-bond donors (Lipinski definition) is 1. The third-order valence-corrected chi connectivity index (χ3v) is 4.86. The van der Waals surface area contributed by atoms with Crippen LogP contribution in [0.25, 0.3) is 0 Å². The molecule has 1 heterocycles. The molecule has 0 saturated carbocycles. The topological polar surface area (TPSA) is 102 Å². The van der Waals surface area contributed by atoms with Crippen LogP contribution in [-0.4, -0.2) is 60.1 Å². The van der Waals surface area contributed by atoms with Crippen LogP contribution < -0.4 is 14.2 Å². The Morgan fingerprint density at radius 2 is 1.47 bits per heavy atom. The number of Topliss-reactive ketones (excluding diaryl/α,β-unsaturated/α-hetero) is 1. The van der Waals surface area contributed by atoms with Crippen molar-refractivity contribution in [3.05, 3.63) is 54.1 Å². The predicted octanol–water partition coefficient (Wildman–Crippen LogP) is 1.84. The lowest BCUT2D eigenvalue weighted by Crippen LogP contribution is -2.72. The summed E-state index contributed by atoms with van der Waals surface area (Å²) in [5.74, 6) is 0.138. The minimum atomic E-state index is -1.24. The zero-order valence-corrected chi connectivity index (χ0v) is 16.9. The van der Waals surface area contributed by atoms with Crippen LogP contribution in [0.5, 0.6) is 17.2 Å². The van der Waals surface area contributed by atoms with Gasteiger partial charge in [-0.2, -0.15) is 0 Å². The van der Waals surface area contributed by atoms with Crippen LogP contribution in [-0.2, 0) is 9.59 Å². The summed E-state index contributed by atoms with van der Waals surface area (Å²) in [6.45, 7) is 1.33. The maximum Gasteiger partial charge on any atom is 0.273 e. The summed E-state index contributed by atoms with van der Waals surface area (Å²) in [5, 5.41) is 10.5. The number of nitrogens with zero attached hydrogens (tertiary/aromatic N) is 1. The average molecular weight is 413 g/mol. The zero-order valence-electron chi connectivity index (χ0n) is 16.9.